The number of benzene rings is 2. The van der Waals surface area contributed by atoms with Gasteiger partial charge >= 0.3 is 0 Å². The van der Waals surface area contributed by atoms with Crippen molar-refractivity contribution in [2.75, 3.05) is 12.4 Å². The van der Waals surface area contributed by atoms with Gasteiger partial charge in [0.05, 0.1) is 7.11 Å². The summed E-state index contributed by atoms with van der Waals surface area (Å²) in [5.74, 6) is -0.288. The third-order valence-electron chi connectivity index (χ3n) is 2.64. The number of nitrogens with one attached hydrogen (secondary N) is 2. The molecule has 2 aromatic carbocycles. The number of ether oxygens (including phenoxy) is 1. The van der Waals surface area contributed by atoms with Gasteiger partial charge in [-0.05, 0) is 42.5 Å². The highest BCUT2D eigenvalue weighted by molar-refractivity contribution is 7.80. The van der Waals surface area contributed by atoms with E-state index in [1.165, 1.54) is 18.2 Å². The third kappa shape index (κ3) is 4.25. The second-order valence-electron chi connectivity index (χ2n) is 4.15. The van der Waals surface area contributed by atoms with E-state index in [1.807, 2.05) is 0 Å². The lowest BCUT2D eigenvalue weighted by Gasteiger charge is -2.10. The van der Waals surface area contributed by atoms with Gasteiger partial charge < -0.3 is 10.1 Å². The first kappa shape index (κ1) is 14.9. The third-order valence-corrected chi connectivity index (χ3v) is 2.85. The molecule has 21 heavy (non-hydrogen) atoms. The van der Waals surface area contributed by atoms with E-state index in [4.69, 9.17) is 17.0 Å². The van der Waals surface area contributed by atoms with Crippen LogP contribution in [0.2, 0.25) is 0 Å². The van der Waals surface area contributed by atoms with Crippen molar-refractivity contribution in [3.05, 3.63) is 59.9 Å². The summed E-state index contributed by atoms with van der Waals surface area (Å²) in [5, 5.41) is 5.46. The zero-order valence-electron chi connectivity index (χ0n) is 11.2. The first-order valence-corrected chi connectivity index (χ1v) is 6.51. The Labute approximate surface area is 126 Å². The van der Waals surface area contributed by atoms with E-state index in [0.29, 0.717) is 11.4 Å². The van der Waals surface area contributed by atoms with E-state index in [0.717, 1.165) is 6.07 Å². The summed E-state index contributed by atoms with van der Waals surface area (Å²) >= 11 is 5.05. The average molecular weight is 304 g/mol. The maximum absolute atomic E-state index is 13.1. The van der Waals surface area contributed by atoms with Gasteiger partial charge in [-0.2, -0.15) is 0 Å². The molecule has 0 atom stereocenters. The largest absolute Gasteiger partial charge is 0.497 e. The lowest BCUT2D eigenvalue weighted by Crippen LogP contribution is -2.34. The van der Waals surface area contributed by atoms with Crippen LogP contribution in [0.4, 0.5) is 10.1 Å². The smallest absolute Gasteiger partial charge is 0.257 e. The van der Waals surface area contributed by atoms with Crippen molar-refractivity contribution in [2.45, 2.75) is 0 Å². The number of rotatable bonds is 3. The van der Waals surface area contributed by atoms with Crippen LogP contribution in [0.5, 0.6) is 5.75 Å². The van der Waals surface area contributed by atoms with Crippen molar-refractivity contribution < 1.29 is 13.9 Å². The van der Waals surface area contributed by atoms with Gasteiger partial charge in [-0.3, -0.25) is 10.1 Å². The quantitative estimate of drug-likeness (QED) is 0.856. The van der Waals surface area contributed by atoms with E-state index in [1.54, 1.807) is 31.4 Å². The van der Waals surface area contributed by atoms with Crippen molar-refractivity contribution >= 4 is 28.9 Å². The van der Waals surface area contributed by atoms with Crippen molar-refractivity contribution in [3.63, 3.8) is 0 Å². The molecule has 0 unspecified atom stereocenters. The van der Waals surface area contributed by atoms with Gasteiger partial charge in [0.1, 0.15) is 11.6 Å². The summed E-state index contributed by atoms with van der Waals surface area (Å²) < 4.78 is 18.1. The number of anilines is 1. The van der Waals surface area contributed by atoms with E-state index < -0.39 is 11.7 Å². The molecule has 4 nitrogen and oxygen atoms in total. The number of hydrogen-bond donors (Lipinski definition) is 2. The minimum atomic E-state index is -0.477. The topological polar surface area (TPSA) is 50.4 Å². The normalized spacial score (nSPS) is 9.81. The van der Waals surface area contributed by atoms with Crippen LogP contribution < -0.4 is 15.4 Å². The van der Waals surface area contributed by atoms with Gasteiger partial charge in [-0.15, -0.1) is 0 Å². The van der Waals surface area contributed by atoms with E-state index in [2.05, 4.69) is 10.6 Å². The molecule has 0 fully saturated rings. The minimum absolute atomic E-state index is 0.123. The Bertz CT molecular complexity index is 676. The van der Waals surface area contributed by atoms with Gasteiger partial charge in [0.25, 0.3) is 5.91 Å². The van der Waals surface area contributed by atoms with Crippen LogP contribution >= 0.6 is 12.2 Å². The Balaban J connectivity index is 1.99. The molecule has 0 heterocycles. The fourth-order valence-corrected chi connectivity index (χ4v) is 1.88. The summed E-state index contributed by atoms with van der Waals surface area (Å²) in [6.45, 7) is 0. The first-order chi connectivity index (χ1) is 10.1. The molecule has 0 aliphatic carbocycles. The highest BCUT2D eigenvalue weighted by Crippen LogP contribution is 2.16. The van der Waals surface area contributed by atoms with Crippen LogP contribution in [0.25, 0.3) is 0 Å². The Morgan fingerprint density at radius 3 is 2.67 bits per heavy atom. The Kier molecular flexibility index (Phi) is 4.84. The molecule has 0 bridgehead atoms. The van der Waals surface area contributed by atoms with Crippen LogP contribution in [0, 0.1) is 5.82 Å². The highest BCUT2D eigenvalue weighted by atomic mass is 32.1. The molecular weight excluding hydrogens is 291 g/mol. The maximum atomic E-state index is 13.1. The van der Waals surface area contributed by atoms with Crippen molar-refractivity contribution in [2.24, 2.45) is 0 Å². The monoisotopic (exact) mass is 304 g/mol. The number of carbonyl (C=O) groups excluding carboxylic acids is 1. The number of thiocarbonyl (C=S) groups is 1. The summed E-state index contributed by atoms with van der Waals surface area (Å²) in [6, 6.07) is 12.5. The van der Waals surface area contributed by atoms with Gasteiger partial charge in [0.2, 0.25) is 0 Å². The molecule has 6 heteroatoms. The first-order valence-electron chi connectivity index (χ1n) is 6.10. The van der Waals surface area contributed by atoms with E-state index in [9.17, 15) is 9.18 Å². The van der Waals surface area contributed by atoms with Crippen LogP contribution in [-0.2, 0) is 0 Å². The van der Waals surface area contributed by atoms with Gasteiger partial charge in [0.15, 0.2) is 5.11 Å². The predicted molar refractivity (Wildman–Crippen MR) is 83.1 cm³/mol. The zero-order valence-corrected chi connectivity index (χ0v) is 12.0. The SMILES string of the molecule is COc1cccc(NC(=S)NC(=O)c2cccc(F)c2)c1. The lowest BCUT2D eigenvalue weighted by molar-refractivity contribution is 0.0977. The Morgan fingerprint density at radius 1 is 1.19 bits per heavy atom. The Morgan fingerprint density at radius 2 is 1.95 bits per heavy atom. The standard InChI is InChI=1S/C15H13FN2O2S/c1-20-13-7-3-6-12(9-13)17-15(21)18-14(19)10-4-2-5-11(16)8-10/h2-9H,1H3,(H2,17,18,19,21). The molecule has 2 aromatic rings. The van der Waals surface area contributed by atoms with Crippen LogP contribution in [0.15, 0.2) is 48.5 Å². The molecule has 0 aromatic heterocycles. The lowest BCUT2D eigenvalue weighted by atomic mass is 10.2. The predicted octanol–water partition coefficient (Wildman–Crippen LogP) is 2.96. The second kappa shape index (κ2) is 6.81. The summed E-state index contributed by atoms with van der Waals surface area (Å²) in [5.41, 5.74) is 0.878. The average Bonchev–Trinajstić information content (AvgIpc) is 2.47. The van der Waals surface area contributed by atoms with Crippen molar-refractivity contribution in [1.82, 2.24) is 5.32 Å². The molecule has 0 radical (unpaired) electrons. The second-order valence-corrected chi connectivity index (χ2v) is 4.56. The van der Waals surface area contributed by atoms with Crippen LogP contribution in [0.1, 0.15) is 10.4 Å². The molecule has 0 saturated heterocycles. The van der Waals surface area contributed by atoms with Crippen LogP contribution in [-0.4, -0.2) is 18.1 Å². The van der Waals surface area contributed by atoms with Crippen molar-refractivity contribution in [1.29, 1.82) is 0 Å². The van der Waals surface area contributed by atoms with Crippen molar-refractivity contribution in [3.8, 4) is 5.75 Å². The fourth-order valence-electron chi connectivity index (χ4n) is 1.67. The molecule has 108 valence electrons. The maximum Gasteiger partial charge on any atom is 0.257 e. The number of halogens is 1. The highest BCUT2D eigenvalue weighted by Gasteiger charge is 2.08. The molecule has 2 N–H and O–H groups in total. The summed E-state index contributed by atoms with van der Waals surface area (Å²) in [4.78, 5) is 11.9. The number of carbonyl (C=O) groups is 1. The molecule has 2 rings (SSSR count). The Hall–Kier alpha value is -2.47. The zero-order chi connectivity index (χ0) is 15.2. The number of hydrogen-bond acceptors (Lipinski definition) is 3. The minimum Gasteiger partial charge on any atom is -0.497 e. The van der Waals surface area contributed by atoms with E-state index in [-0.39, 0.29) is 10.7 Å². The molecule has 0 spiro atoms. The fraction of sp³-hybridized carbons (Fsp3) is 0.0667. The number of amides is 1. The summed E-state index contributed by atoms with van der Waals surface area (Å²) in [7, 11) is 1.56. The molecule has 0 aliphatic heterocycles. The molecule has 1 amide bonds. The number of methoxy groups -OCH3 is 1. The molecule has 0 aliphatic rings. The van der Waals surface area contributed by atoms with E-state index >= 15 is 0 Å². The van der Waals surface area contributed by atoms with Crippen LogP contribution in [0.3, 0.4) is 0 Å². The molecular formula is C15H13FN2O2S. The van der Waals surface area contributed by atoms with Gasteiger partial charge in [-0.1, -0.05) is 12.1 Å². The molecule has 0 saturated carbocycles. The van der Waals surface area contributed by atoms with Gasteiger partial charge in [0, 0.05) is 17.3 Å². The summed E-state index contributed by atoms with van der Waals surface area (Å²) in [6.07, 6.45) is 0. The van der Waals surface area contributed by atoms with Gasteiger partial charge in [-0.25, -0.2) is 4.39 Å².